The maximum atomic E-state index is 13.7. The second-order valence-electron chi connectivity index (χ2n) is 5.24. The number of benzene rings is 1. The van der Waals surface area contributed by atoms with Crippen LogP contribution in [0.4, 0.5) is 4.39 Å². The molecule has 0 aromatic heterocycles. The molecule has 1 aromatic rings. The number of hydrogen-bond acceptors (Lipinski definition) is 3. The fourth-order valence-electron chi connectivity index (χ4n) is 2.43. The summed E-state index contributed by atoms with van der Waals surface area (Å²) >= 11 is 0. The Hall–Kier alpha value is -1.95. The predicted octanol–water partition coefficient (Wildman–Crippen LogP) is 0.847. The van der Waals surface area contributed by atoms with Crippen molar-refractivity contribution in [2.45, 2.75) is 19.4 Å². The molecule has 2 N–H and O–H groups in total. The van der Waals surface area contributed by atoms with E-state index in [1.165, 1.54) is 12.1 Å². The molecule has 0 saturated carbocycles. The van der Waals surface area contributed by atoms with Gasteiger partial charge in [-0.2, -0.15) is 0 Å². The number of halogens is 1. The van der Waals surface area contributed by atoms with Gasteiger partial charge in [-0.1, -0.05) is 12.1 Å². The van der Waals surface area contributed by atoms with Gasteiger partial charge >= 0.3 is 0 Å². The van der Waals surface area contributed by atoms with Gasteiger partial charge in [-0.05, 0) is 25.5 Å². The topological polar surface area (TPSA) is 66.6 Å². The van der Waals surface area contributed by atoms with Crippen LogP contribution >= 0.6 is 0 Å². The van der Waals surface area contributed by atoms with Crippen LogP contribution in [0.1, 0.15) is 23.7 Å². The minimum Gasteiger partial charge on any atom is -0.340 e. The van der Waals surface area contributed by atoms with Crippen molar-refractivity contribution in [2.24, 2.45) is 5.73 Å². The first-order valence-electron chi connectivity index (χ1n) is 7.09. The van der Waals surface area contributed by atoms with Crippen LogP contribution in [0, 0.1) is 5.82 Å². The van der Waals surface area contributed by atoms with Crippen molar-refractivity contribution in [3.63, 3.8) is 0 Å². The van der Waals surface area contributed by atoms with Crippen LogP contribution in [0.5, 0.6) is 0 Å². The van der Waals surface area contributed by atoms with Crippen molar-refractivity contribution in [1.82, 2.24) is 9.80 Å². The molecule has 5 nitrogen and oxygen atoms in total. The van der Waals surface area contributed by atoms with Crippen molar-refractivity contribution in [1.29, 1.82) is 0 Å². The SMILES string of the molecule is C[C@@H](N)C(=O)N1CCCN(C(=O)c2ccccc2F)CC1. The molecular weight excluding hydrogens is 273 g/mol. The van der Waals surface area contributed by atoms with Crippen LogP contribution in [0.25, 0.3) is 0 Å². The van der Waals surface area contributed by atoms with Crippen LogP contribution in [0.3, 0.4) is 0 Å². The highest BCUT2D eigenvalue weighted by Gasteiger charge is 2.25. The lowest BCUT2D eigenvalue weighted by Gasteiger charge is -2.23. The van der Waals surface area contributed by atoms with Gasteiger partial charge in [0.2, 0.25) is 5.91 Å². The number of carbonyl (C=O) groups is 2. The minimum atomic E-state index is -0.543. The fraction of sp³-hybridized carbons (Fsp3) is 0.467. The molecule has 0 spiro atoms. The highest BCUT2D eigenvalue weighted by Crippen LogP contribution is 2.13. The van der Waals surface area contributed by atoms with Crippen LogP contribution in [-0.4, -0.2) is 53.8 Å². The summed E-state index contributed by atoms with van der Waals surface area (Å²) in [5, 5.41) is 0. The van der Waals surface area contributed by atoms with E-state index < -0.39 is 11.9 Å². The standard InChI is InChI=1S/C15H20FN3O2/c1-11(17)14(20)18-7-4-8-19(10-9-18)15(21)12-5-2-3-6-13(12)16/h2-3,5-6,11H,4,7-10,17H2,1H3/t11-/m1/s1. The third-order valence-corrected chi connectivity index (χ3v) is 3.59. The number of rotatable bonds is 2. The first-order chi connectivity index (χ1) is 10.0. The van der Waals surface area contributed by atoms with E-state index in [-0.39, 0.29) is 17.4 Å². The van der Waals surface area contributed by atoms with E-state index in [2.05, 4.69) is 0 Å². The normalized spacial score (nSPS) is 17.3. The van der Waals surface area contributed by atoms with Crippen molar-refractivity contribution in [3.05, 3.63) is 35.6 Å². The Morgan fingerprint density at radius 1 is 1.14 bits per heavy atom. The lowest BCUT2D eigenvalue weighted by Crippen LogP contribution is -2.44. The van der Waals surface area contributed by atoms with Gasteiger partial charge in [0.25, 0.3) is 5.91 Å². The van der Waals surface area contributed by atoms with Crippen LogP contribution < -0.4 is 5.73 Å². The van der Waals surface area contributed by atoms with Crippen molar-refractivity contribution >= 4 is 11.8 Å². The lowest BCUT2D eigenvalue weighted by molar-refractivity contribution is -0.132. The number of amides is 2. The molecular formula is C15H20FN3O2. The molecule has 1 fully saturated rings. The van der Waals surface area contributed by atoms with E-state index in [0.29, 0.717) is 32.6 Å². The number of nitrogens with two attached hydrogens (primary N) is 1. The van der Waals surface area contributed by atoms with Gasteiger partial charge in [0.1, 0.15) is 5.82 Å². The summed E-state index contributed by atoms with van der Waals surface area (Å²) in [6.45, 7) is 3.55. The second kappa shape index (κ2) is 6.67. The molecule has 114 valence electrons. The first-order valence-corrected chi connectivity index (χ1v) is 7.09. The molecule has 1 aromatic carbocycles. The predicted molar refractivity (Wildman–Crippen MR) is 77.1 cm³/mol. The van der Waals surface area contributed by atoms with E-state index in [1.54, 1.807) is 28.9 Å². The smallest absolute Gasteiger partial charge is 0.256 e. The quantitative estimate of drug-likeness (QED) is 0.879. The minimum absolute atomic E-state index is 0.0736. The lowest BCUT2D eigenvalue weighted by atomic mass is 10.2. The Bertz CT molecular complexity index is 533. The highest BCUT2D eigenvalue weighted by atomic mass is 19.1. The van der Waals surface area contributed by atoms with Gasteiger partial charge in [0.15, 0.2) is 0 Å². The van der Waals surface area contributed by atoms with Crippen molar-refractivity contribution < 1.29 is 14.0 Å². The van der Waals surface area contributed by atoms with Gasteiger partial charge < -0.3 is 15.5 Å². The van der Waals surface area contributed by atoms with Gasteiger partial charge in [-0.25, -0.2) is 4.39 Å². The van der Waals surface area contributed by atoms with E-state index in [9.17, 15) is 14.0 Å². The summed E-state index contributed by atoms with van der Waals surface area (Å²) in [5.41, 5.74) is 5.68. The molecule has 0 bridgehead atoms. The number of nitrogens with zero attached hydrogens (tertiary/aromatic N) is 2. The van der Waals surface area contributed by atoms with Crippen molar-refractivity contribution in [2.75, 3.05) is 26.2 Å². The zero-order valence-electron chi connectivity index (χ0n) is 12.1. The van der Waals surface area contributed by atoms with Gasteiger partial charge in [-0.3, -0.25) is 9.59 Å². The molecule has 1 heterocycles. The zero-order valence-corrected chi connectivity index (χ0v) is 12.1. The molecule has 0 aliphatic carbocycles. The third-order valence-electron chi connectivity index (χ3n) is 3.59. The first kappa shape index (κ1) is 15.4. The number of carbonyl (C=O) groups excluding carboxylic acids is 2. The summed E-state index contributed by atoms with van der Waals surface area (Å²) in [6.07, 6.45) is 0.665. The summed E-state index contributed by atoms with van der Waals surface area (Å²) in [4.78, 5) is 27.5. The van der Waals surface area contributed by atoms with Crippen LogP contribution in [0.15, 0.2) is 24.3 Å². The molecule has 21 heavy (non-hydrogen) atoms. The average Bonchev–Trinajstić information content (AvgIpc) is 2.72. The Labute approximate surface area is 123 Å². The molecule has 1 saturated heterocycles. The maximum Gasteiger partial charge on any atom is 0.256 e. The van der Waals surface area contributed by atoms with E-state index >= 15 is 0 Å². The van der Waals surface area contributed by atoms with Crippen molar-refractivity contribution in [3.8, 4) is 0 Å². The molecule has 0 unspecified atom stereocenters. The van der Waals surface area contributed by atoms with Crippen LogP contribution in [-0.2, 0) is 4.79 Å². The largest absolute Gasteiger partial charge is 0.340 e. The number of hydrogen-bond donors (Lipinski definition) is 1. The van der Waals surface area contributed by atoms with E-state index in [4.69, 9.17) is 5.73 Å². The summed E-state index contributed by atoms with van der Waals surface area (Å²) in [6, 6.07) is 5.40. The summed E-state index contributed by atoms with van der Waals surface area (Å²) in [7, 11) is 0. The van der Waals surface area contributed by atoms with E-state index in [1.807, 2.05) is 0 Å². The molecule has 0 radical (unpaired) electrons. The van der Waals surface area contributed by atoms with Gasteiger partial charge in [-0.15, -0.1) is 0 Å². The average molecular weight is 293 g/mol. The summed E-state index contributed by atoms with van der Waals surface area (Å²) in [5.74, 6) is -0.964. The maximum absolute atomic E-state index is 13.7. The second-order valence-corrected chi connectivity index (χ2v) is 5.24. The molecule has 2 amide bonds. The fourth-order valence-corrected chi connectivity index (χ4v) is 2.43. The van der Waals surface area contributed by atoms with Gasteiger partial charge in [0.05, 0.1) is 11.6 Å². The van der Waals surface area contributed by atoms with E-state index in [0.717, 1.165) is 0 Å². The molecule has 6 heteroatoms. The third kappa shape index (κ3) is 3.58. The molecule has 1 aliphatic rings. The highest BCUT2D eigenvalue weighted by molar-refractivity contribution is 5.94. The summed E-state index contributed by atoms with van der Waals surface area (Å²) < 4.78 is 13.7. The Morgan fingerprint density at radius 2 is 1.76 bits per heavy atom. The molecule has 1 aliphatic heterocycles. The molecule has 1 atom stereocenters. The Kier molecular flexibility index (Phi) is 4.90. The van der Waals surface area contributed by atoms with Gasteiger partial charge in [0, 0.05) is 26.2 Å². The zero-order chi connectivity index (χ0) is 15.4. The molecule has 2 rings (SSSR count). The monoisotopic (exact) mass is 293 g/mol. The Balaban J connectivity index is 2.05. The Morgan fingerprint density at radius 3 is 2.43 bits per heavy atom. The van der Waals surface area contributed by atoms with Crippen LogP contribution in [0.2, 0.25) is 0 Å².